The van der Waals surface area contributed by atoms with Gasteiger partial charge in [0, 0.05) is 11.1 Å². The summed E-state index contributed by atoms with van der Waals surface area (Å²) < 4.78 is 42.5. The van der Waals surface area contributed by atoms with Gasteiger partial charge in [-0.15, -0.1) is 0 Å². The number of pyridine rings is 1. The van der Waals surface area contributed by atoms with Crippen LogP contribution in [-0.2, 0) is 10.9 Å². The number of anilines is 1. The van der Waals surface area contributed by atoms with Crippen LogP contribution in [-0.4, -0.2) is 18.1 Å². The van der Waals surface area contributed by atoms with Crippen molar-refractivity contribution in [2.45, 2.75) is 6.18 Å². The highest BCUT2D eigenvalue weighted by Gasteiger charge is 2.33. The minimum Gasteiger partial charge on any atom is -0.465 e. The number of halogens is 3. The molecule has 0 saturated carbocycles. The van der Waals surface area contributed by atoms with E-state index < -0.39 is 17.8 Å². The fraction of sp³-hybridized carbons (Fsp3) is 0.167. The molecule has 2 N–H and O–H groups in total. The quantitative estimate of drug-likeness (QED) is 0.809. The van der Waals surface area contributed by atoms with E-state index in [0.29, 0.717) is 0 Å². The maximum atomic E-state index is 12.7. The van der Waals surface area contributed by atoms with Crippen LogP contribution in [0.4, 0.5) is 18.9 Å². The highest BCUT2D eigenvalue weighted by Crippen LogP contribution is 2.32. The first-order valence-electron chi connectivity index (χ1n) is 5.19. The minimum atomic E-state index is -4.63. The zero-order chi connectivity index (χ0) is 14.2. The Morgan fingerprint density at radius 1 is 1.37 bits per heavy atom. The molecule has 1 aromatic carbocycles. The Hall–Kier alpha value is -2.31. The average Bonchev–Trinajstić information content (AvgIpc) is 2.36. The Balaban J connectivity index is 2.80. The third-order valence-corrected chi connectivity index (χ3v) is 2.57. The van der Waals surface area contributed by atoms with Gasteiger partial charge in [-0.3, -0.25) is 0 Å². The molecule has 0 fully saturated rings. The molecule has 19 heavy (non-hydrogen) atoms. The van der Waals surface area contributed by atoms with Crippen molar-refractivity contribution < 1.29 is 22.7 Å². The fourth-order valence-electron chi connectivity index (χ4n) is 1.69. The number of carbonyl (C=O) groups is 1. The van der Waals surface area contributed by atoms with Crippen molar-refractivity contribution in [3.05, 3.63) is 35.5 Å². The number of nitrogen functional groups attached to an aromatic ring is 1. The lowest BCUT2D eigenvalue weighted by atomic mass is 10.1. The van der Waals surface area contributed by atoms with Crippen molar-refractivity contribution in [3.8, 4) is 0 Å². The number of aromatic nitrogens is 1. The fourth-order valence-corrected chi connectivity index (χ4v) is 1.69. The van der Waals surface area contributed by atoms with Crippen molar-refractivity contribution >= 4 is 22.6 Å². The molecule has 0 unspecified atom stereocenters. The van der Waals surface area contributed by atoms with Gasteiger partial charge in [-0.05, 0) is 12.1 Å². The maximum Gasteiger partial charge on any atom is 0.433 e. The van der Waals surface area contributed by atoms with E-state index in [4.69, 9.17) is 5.73 Å². The van der Waals surface area contributed by atoms with E-state index in [2.05, 4.69) is 9.72 Å². The van der Waals surface area contributed by atoms with Crippen molar-refractivity contribution in [2.75, 3.05) is 12.8 Å². The van der Waals surface area contributed by atoms with Crippen molar-refractivity contribution in [3.63, 3.8) is 0 Å². The lowest BCUT2D eigenvalue weighted by molar-refractivity contribution is -0.140. The van der Waals surface area contributed by atoms with E-state index in [1.165, 1.54) is 18.2 Å². The first-order valence-corrected chi connectivity index (χ1v) is 5.19. The molecule has 7 heteroatoms. The molecular weight excluding hydrogens is 261 g/mol. The molecule has 0 aliphatic rings. The smallest absolute Gasteiger partial charge is 0.433 e. The van der Waals surface area contributed by atoms with Crippen LogP contribution in [0.25, 0.3) is 10.9 Å². The number of fused-ring (bicyclic) bond motifs is 1. The monoisotopic (exact) mass is 270 g/mol. The standard InChI is InChI=1S/C12H9F3N2O2/c1-19-11(18)7-4-2-3-6-8(16)5-9(12(13,14)15)17-10(6)7/h2-5H,1H3,(H2,16,17). The van der Waals surface area contributed by atoms with Crippen LogP contribution in [0.15, 0.2) is 24.3 Å². The van der Waals surface area contributed by atoms with Crippen LogP contribution in [0.2, 0.25) is 0 Å². The zero-order valence-electron chi connectivity index (χ0n) is 9.78. The van der Waals surface area contributed by atoms with Gasteiger partial charge in [-0.2, -0.15) is 13.2 Å². The van der Waals surface area contributed by atoms with Gasteiger partial charge >= 0.3 is 12.1 Å². The van der Waals surface area contributed by atoms with Gasteiger partial charge in [0.05, 0.1) is 18.2 Å². The summed E-state index contributed by atoms with van der Waals surface area (Å²) in [5.41, 5.74) is 4.15. The lowest BCUT2D eigenvalue weighted by Crippen LogP contribution is -2.11. The molecule has 0 atom stereocenters. The number of hydrogen-bond donors (Lipinski definition) is 1. The van der Waals surface area contributed by atoms with E-state index in [0.717, 1.165) is 13.2 Å². The summed E-state index contributed by atoms with van der Waals surface area (Å²) >= 11 is 0. The first kappa shape index (κ1) is 13.1. The number of carbonyl (C=O) groups excluding carboxylic acids is 1. The predicted octanol–water partition coefficient (Wildman–Crippen LogP) is 2.62. The lowest BCUT2D eigenvalue weighted by Gasteiger charge is -2.11. The number of hydrogen-bond acceptors (Lipinski definition) is 4. The van der Waals surface area contributed by atoms with E-state index in [-0.39, 0.29) is 22.2 Å². The zero-order valence-corrected chi connectivity index (χ0v) is 9.78. The van der Waals surface area contributed by atoms with Gasteiger partial charge in [0.2, 0.25) is 0 Å². The molecule has 2 aromatic rings. The Bertz CT molecular complexity index is 653. The summed E-state index contributed by atoms with van der Waals surface area (Å²) in [5.74, 6) is -0.767. The molecule has 0 saturated heterocycles. The van der Waals surface area contributed by atoms with Crippen LogP contribution < -0.4 is 5.73 Å². The highest BCUT2D eigenvalue weighted by atomic mass is 19.4. The highest BCUT2D eigenvalue weighted by molar-refractivity contribution is 6.05. The van der Waals surface area contributed by atoms with E-state index >= 15 is 0 Å². The van der Waals surface area contributed by atoms with Crippen LogP contribution in [0.3, 0.4) is 0 Å². The maximum absolute atomic E-state index is 12.7. The topological polar surface area (TPSA) is 65.2 Å². The second kappa shape index (κ2) is 4.42. The summed E-state index contributed by atoms with van der Waals surface area (Å²) in [6.45, 7) is 0. The molecule has 2 rings (SSSR count). The van der Waals surface area contributed by atoms with Crippen LogP contribution in [0.1, 0.15) is 16.1 Å². The Labute approximate surface area is 106 Å². The summed E-state index contributed by atoms with van der Waals surface area (Å²) in [5, 5.41) is 0.274. The number of para-hydroxylation sites is 1. The summed E-state index contributed by atoms with van der Waals surface area (Å²) in [7, 11) is 1.14. The molecule has 0 aliphatic carbocycles. The molecular formula is C12H9F3N2O2. The van der Waals surface area contributed by atoms with Crippen molar-refractivity contribution in [1.29, 1.82) is 0 Å². The van der Waals surface area contributed by atoms with Gasteiger partial charge in [0.15, 0.2) is 0 Å². The second-order valence-electron chi connectivity index (χ2n) is 3.79. The molecule has 0 amide bonds. The van der Waals surface area contributed by atoms with Crippen molar-refractivity contribution in [2.24, 2.45) is 0 Å². The van der Waals surface area contributed by atoms with Gasteiger partial charge in [0.25, 0.3) is 0 Å². The van der Waals surface area contributed by atoms with E-state index in [1.807, 2.05) is 0 Å². The summed E-state index contributed by atoms with van der Waals surface area (Å²) in [4.78, 5) is 15.0. The Kier molecular flexibility index (Phi) is 3.05. The second-order valence-corrected chi connectivity index (χ2v) is 3.79. The van der Waals surface area contributed by atoms with Crippen LogP contribution in [0.5, 0.6) is 0 Å². The molecule has 0 radical (unpaired) electrons. The van der Waals surface area contributed by atoms with Crippen molar-refractivity contribution in [1.82, 2.24) is 4.98 Å². The van der Waals surface area contributed by atoms with E-state index in [1.54, 1.807) is 0 Å². The number of benzene rings is 1. The number of alkyl halides is 3. The molecule has 4 nitrogen and oxygen atoms in total. The van der Waals surface area contributed by atoms with E-state index in [9.17, 15) is 18.0 Å². The summed E-state index contributed by atoms with van der Waals surface area (Å²) in [6, 6.07) is 5.06. The number of esters is 1. The van der Waals surface area contributed by atoms with Gasteiger partial charge in [-0.25, -0.2) is 9.78 Å². The minimum absolute atomic E-state index is 0.0576. The molecule has 0 bridgehead atoms. The molecule has 1 heterocycles. The first-order chi connectivity index (χ1) is 8.84. The van der Waals surface area contributed by atoms with Gasteiger partial charge < -0.3 is 10.5 Å². The third kappa shape index (κ3) is 2.31. The number of rotatable bonds is 1. The number of nitrogens with zero attached hydrogens (tertiary/aromatic N) is 1. The van der Waals surface area contributed by atoms with Crippen LogP contribution >= 0.6 is 0 Å². The summed E-state index contributed by atoms with van der Waals surface area (Å²) in [6.07, 6.45) is -4.63. The molecule has 100 valence electrons. The van der Waals surface area contributed by atoms with Crippen LogP contribution in [0, 0.1) is 0 Å². The van der Waals surface area contributed by atoms with Gasteiger partial charge in [-0.1, -0.05) is 12.1 Å². The largest absolute Gasteiger partial charge is 0.465 e. The Morgan fingerprint density at radius 3 is 2.63 bits per heavy atom. The Morgan fingerprint density at radius 2 is 2.05 bits per heavy atom. The molecule has 0 spiro atoms. The molecule has 1 aromatic heterocycles. The van der Waals surface area contributed by atoms with Gasteiger partial charge in [0.1, 0.15) is 5.69 Å². The SMILES string of the molecule is COC(=O)c1cccc2c(N)cc(C(F)(F)F)nc12. The average molecular weight is 270 g/mol. The number of methoxy groups -OCH3 is 1. The predicted molar refractivity (Wildman–Crippen MR) is 62.5 cm³/mol. The number of ether oxygens (including phenoxy) is 1. The normalized spacial score (nSPS) is 11.6. The third-order valence-electron chi connectivity index (χ3n) is 2.57. The number of nitrogens with two attached hydrogens (primary N) is 1. The molecule has 0 aliphatic heterocycles.